The first-order valence-electron chi connectivity index (χ1n) is 11.9. The van der Waals surface area contributed by atoms with E-state index in [1.807, 2.05) is 61.5 Å². The van der Waals surface area contributed by atoms with Crippen molar-refractivity contribution in [1.29, 1.82) is 0 Å². The van der Waals surface area contributed by atoms with E-state index in [2.05, 4.69) is 4.90 Å². The number of carbonyl (C=O) groups is 1. The number of morpholine rings is 1. The second-order valence-corrected chi connectivity index (χ2v) is 9.35. The lowest BCUT2D eigenvalue weighted by Gasteiger charge is -2.29. The third-order valence-electron chi connectivity index (χ3n) is 6.19. The average Bonchev–Trinajstić information content (AvgIpc) is 3.33. The van der Waals surface area contributed by atoms with E-state index in [0.717, 1.165) is 46.4 Å². The van der Waals surface area contributed by atoms with E-state index in [1.54, 1.807) is 12.0 Å². The van der Waals surface area contributed by atoms with Crippen LogP contribution >= 0.6 is 11.3 Å². The molecule has 0 radical (unpaired) electrons. The van der Waals surface area contributed by atoms with Crippen molar-refractivity contribution in [3.63, 3.8) is 0 Å². The SMILES string of the molecule is CCOc1cccc2sc(N(CCN3CCOCC3)C(=O)c3cc4ccccc4cc3OC)nc12. The summed E-state index contributed by atoms with van der Waals surface area (Å²) in [6.07, 6.45) is 0. The molecule has 1 aliphatic rings. The number of rotatable bonds is 8. The van der Waals surface area contributed by atoms with Crippen LogP contribution in [-0.4, -0.2) is 68.9 Å². The molecule has 182 valence electrons. The third kappa shape index (κ3) is 4.96. The lowest BCUT2D eigenvalue weighted by atomic mass is 10.0. The topological polar surface area (TPSA) is 64.1 Å². The van der Waals surface area contributed by atoms with Gasteiger partial charge in [0, 0.05) is 26.2 Å². The Hall–Kier alpha value is -3.20. The molecule has 1 aromatic heterocycles. The molecule has 4 aromatic rings. The van der Waals surface area contributed by atoms with E-state index in [9.17, 15) is 4.79 Å². The summed E-state index contributed by atoms with van der Waals surface area (Å²) in [6.45, 7) is 6.90. The van der Waals surface area contributed by atoms with Crippen LogP contribution in [-0.2, 0) is 4.74 Å². The Bertz CT molecular complexity index is 1330. The number of ether oxygens (including phenoxy) is 3. The summed E-state index contributed by atoms with van der Waals surface area (Å²) < 4.78 is 17.9. The van der Waals surface area contributed by atoms with Crippen molar-refractivity contribution in [2.75, 3.05) is 58.0 Å². The molecule has 8 heteroatoms. The summed E-state index contributed by atoms with van der Waals surface area (Å²) in [5.74, 6) is 1.16. The molecule has 1 saturated heterocycles. The van der Waals surface area contributed by atoms with Gasteiger partial charge in [-0.2, -0.15) is 0 Å². The molecule has 0 bridgehead atoms. The minimum Gasteiger partial charge on any atom is -0.496 e. The Morgan fingerprint density at radius 2 is 1.86 bits per heavy atom. The van der Waals surface area contributed by atoms with Gasteiger partial charge in [0.15, 0.2) is 5.13 Å². The van der Waals surface area contributed by atoms with Gasteiger partial charge in [-0.3, -0.25) is 14.6 Å². The molecule has 35 heavy (non-hydrogen) atoms. The minimum absolute atomic E-state index is 0.127. The predicted molar refractivity (Wildman–Crippen MR) is 140 cm³/mol. The second-order valence-electron chi connectivity index (χ2n) is 8.34. The van der Waals surface area contributed by atoms with Crippen LogP contribution in [0.1, 0.15) is 17.3 Å². The Kier molecular flexibility index (Phi) is 7.13. The largest absolute Gasteiger partial charge is 0.496 e. The van der Waals surface area contributed by atoms with E-state index >= 15 is 0 Å². The maximum Gasteiger partial charge on any atom is 0.263 e. The molecule has 2 heterocycles. The van der Waals surface area contributed by atoms with Crippen LogP contribution < -0.4 is 14.4 Å². The minimum atomic E-state index is -0.127. The second kappa shape index (κ2) is 10.6. The fraction of sp³-hybridized carbons (Fsp3) is 0.333. The van der Waals surface area contributed by atoms with Gasteiger partial charge in [0.1, 0.15) is 17.0 Å². The maximum atomic E-state index is 14.1. The monoisotopic (exact) mass is 491 g/mol. The average molecular weight is 492 g/mol. The van der Waals surface area contributed by atoms with E-state index in [-0.39, 0.29) is 5.91 Å². The van der Waals surface area contributed by atoms with Crippen LogP contribution in [0.2, 0.25) is 0 Å². The number of methoxy groups -OCH3 is 1. The molecular formula is C27H29N3O4S. The Labute approximate surface area is 208 Å². The normalized spacial score (nSPS) is 14.3. The van der Waals surface area contributed by atoms with Gasteiger partial charge < -0.3 is 14.2 Å². The number of benzene rings is 3. The number of thiazole rings is 1. The molecule has 1 aliphatic heterocycles. The van der Waals surface area contributed by atoms with Crippen LogP contribution in [0.4, 0.5) is 5.13 Å². The number of amides is 1. The first-order chi connectivity index (χ1) is 17.2. The molecule has 0 saturated carbocycles. The summed E-state index contributed by atoms with van der Waals surface area (Å²) in [5, 5.41) is 2.68. The molecular weight excluding hydrogens is 462 g/mol. The highest BCUT2D eigenvalue weighted by molar-refractivity contribution is 7.22. The zero-order valence-electron chi connectivity index (χ0n) is 20.0. The predicted octanol–water partition coefficient (Wildman–Crippen LogP) is 4.84. The van der Waals surface area contributed by atoms with Crippen molar-refractivity contribution >= 4 is 43.4 Å². The first kappa shape index (κ1) is 23.5. The number of nitrogens with zero attached hydrogens (tertiary/aromatic N) is 3. The first-order valence-corrected chi connectivity index (χ1v) is 12.7. The van der Waals surface area contributed by atoms with E-state index in [0.29, 0.717) is 42.8 Å². The number of aromatic nitrogens is 1. The number of para-hydroxylation sites is 1. The molecule has 7 nitrogen and oxygen atoms in total. The van der Waals surface area contributed by atoms with Crippen molar-refractivity contribution in [1.82, 2.24) is 9.88 Å². The maximum absolute atomic E-state index is 14.1. The standard InChI is InChI=1S/C27H29N3O4S/c1-3-34-22-9-6-10-24-25(22)28-27(35-24)30(12-11-29-13-15-33-16-14-29)26(31)21-17-19-7-4-5-8-20(19)18-23(21)32-2/h4-10,17-18H,3,11-16H2,1-2H3. The molecule has 3 aromatic carbocycles. The van der Waals surface area contributed by atoms with Gasteiger partial charge in [-0.15, -0.1) is 0 Å². The van der Waals surface area contributed by atoms with E-state index < -0.39 is 0 Å². The van der Waals surface area contributed by atoms with Gasteiger partial charge in [-0.1, -0.05) is 41.7 Å². The quantitative estimate of drug-likeness (QED) is 0.352. The fourth-order valence-electron chi connectivity index (χ4n) is 4.35. The highest BCUT2D eigenvalue weighted by Gasteiger charge is 2.26. The number of fused-ring (bicyclic) bond motifs is 2. The molecule has 5 rings (SSSR count). The zero-order chi connectivity index (χ0) is 24.2. The molecule has 0 atom stereocenters. The number of anilines is 1. The summed E-state index contributed by atoms with van der Waals surface area (Å²) in [4.78, 5) is 23.0. The van der Waals surface area contributed by atoms with Crippen molar-refractivity contribution in [3.05, 3.63) is 60.2 Å². The highest BCUT2D eigenvalue weighted by atomic mass is 32.1. The number of hydrogen-bond donors (Lipinski definition) is 0. The summed E-state index contributed by atoms with van der Waals surface area (Å²) in [7, 11) is 1.60. The van der Waals surface area contributed by atoms with Crippen molar-refractivity contribution in [2.24, 2.45) is 0 Å². The zero-order valence-corrected chi connectivity index (χ0v) is 20.8. The van der Waals surface area contributed by atoms with Crippen molar-refractivity contribution < 1.29 is 19.0 Å². The van der Waals surface area contributed by atoms with Gasteiger partial charge in [0.05, 0.1) is 37.2 Å². The van der Waals surface area contributed by atoms with Crippen LogP contribution in [0.25, 0.3) is 21.0 Å². The van der Waals surface area contributed by atoms with E-state index in [4.69, 9.17) is 19.2 Å². The van der Waals surface area contributed by atoms with Crippen molar-refractivity contribution in [2.45, 2.75) is 6.92 Å². The van der Waals surface area contributed by atoms with Gasteiger partial charge in [-0.05, 0) is 42.0 Å². The Morgan fingerprint density at radius 3 is 2.60 bits per heavy atom. The van der Waals surface area contributed by atoms with Crippen LogP contribution in [0.5, 0.6) is 11.5 Å². The third-order valence-corrected chi connectivity index (χ3v) is 7.23. The van der Waals surface area contributed by atoms with E-state index in [1.165, 1.54) is 11.3 Å². The smallest absolute Gasteiger partial charge is 0.263 e. The van der Waals surface area contributed by atoms with Gasteiger partial charge in [-0.25, -0.2) is 4.98 Å². The van der Waals surface area contributed by atoms with Gasteiger partial charge in [0.2, 0.25) is 0 Å². The lowest BCUT2D eigenvalue weighted by Crippen LogP contribution is -2.43. The molecule has 0 unspecified atom stereocenters. The molecule has 1 fully saturated rings. The summed E-state index contributed by atoms with van der Waals surface area (Å²) in [5.41, 5.74) is 1.31. The Balaban J connectivity index is 1.54. The summed E-state index contributed by atoms with van der Waals surface area (Å²) in [6, 6.07) is 17.7. The molecule has 0 spiro atoms. The van der Waals surface area contributed by atoms with Crippen molar-refractivity contribution in [3.8, 4) is 11.5 Å². The van der Waals surface area contributed by atoms with Crippen LogP contribution in [0, 0.1) is 0 Å². The molecule has 1 amide bonds. The summed E-state index contributed by atoms with van der Waals surface area (Å²) >= 11 is 1.50. The Morgan fingerprint density at radius 1 is 1.09 bits per heavy atom. The lowest BCUT2D eigenvalue weighted by molar-refractivity contribution is 0.0391. The van der Waals surface area contributed by atoms with Crippen LogP contribution in [0.3, 0.4) is 0 Å². The number of carbonyl (C=O) groups excluding carboxylic acids is 1. The van der Waals surface area contributed by atoms with Gasteiger partial charge in [0.25, 0.3) is 5.91 Å². The molecule has 0 aliphatic carbocycles. The highest BCUT2D eigenvalue weighted by Crippen LogP contribution is 2.36. The number of hydrogen-bond acceptors (Lipinski definition) is 7. The van der Waals surface area contributed by atoms with Gasteiger partial charge >= 0.3 is 0 Å². The van der Waals surface area contributed by atoms with Crippen LogP contribution in [0.15, 0.2) is 54.6 Å². The fourth-order valence-corrected chi connectivity index (χ4v) is 5.36. The molecule has 0 N–H and O–H groups in total.